The van der Waals surface area contributed by atoms with Gasteiger partial charge in [-0.25, -0.2) is 4.79 Å². The third-order valence-corrected chi connectivity index (χ3v) is 9.23. The normalized spacial score (nSPS) is 19.8. The molecule has 242 valence electrons. The molecule has 1 saturated heterocycles. The lowest BCUT2D eigenvalue weighted by Crippen LogP contribution is -2.50. The van der Waals surface area contributed by atoms with Gasteiger partial charge in [-0.3, -0.25) is 10.2 Å². The molecule has 48 heavy (non-hydrogen) atoms. The number of H-pyrrole nitrogens is 2. The lowest BCUT2D eigenvalue weighted by atomic mass is 9.90. The molecule has 0 saturated carbocycles. The van der Waals surface area contributed by atoms with Gasteiger partial charge < -0.3 is 20.0 Å². The highest BCUT2D eigenvalue weighted by molar-refractivity contribution is 5.76. The van der Waals surface area contributed by atoms with Crippen LogP contribution in [0.2, 0.25) is 0 Å². The van der Waals surface area contributed by atoms with E-state index in [0.29, 0.717) is 12.8 Å². The monoisotopic (exact) mass is 638 g/mol. The van der Waals surface area contributed by atoms with Crippen LogP contribution in [-0.2, 0) is 25.9 Å². The molecule has 2 amide bonds. The standard InChI is InChI=1S/C39H38N6O3/c46-37-35(19-27-9-3-1-4-10-27)44(25-29-13-7-15-31(17-29)33-21-40-41-22-33)39(48)45(36(38(37)47)20-28-11-5-2-6-12-28)26-30-14-8-16-32(18-30)34-23-42-43-24-34/h1-18,21-24,35-38,46-47H,19-20,25-26H2,(H,40,41)(H,42,43)/t35-,36-,37+,38+/m1/s1. The molecule has 7 rings (SSSR count). The number of rotatable bonds is 10. The number of hydrogen-bond donors (Lipinski definition) is 4. The van der Waals surface area contributed by atoms with E-state index in [9.17, 15) is 10.2 Å². The van der Waals surface area contributed by atoms with Gasteiger partial charge in [0.2, 0.25) is 0 Å². The predicted molar refractivity (Wildman–Crippen MR) is 184 cm³/mol. The van der Waals surface area contributed by atoms with Gasteiger partial charge in [-0.2, -0.15) is 10.2 Å². The third-order valence-electron chi connectivity index (χ3n) is 9.23. The number of urea groups is 1. The second-order valence-corrected chi connectivity index (χ2v) is 12.4. The number of carbonyl (C=O) groups is 1. The Balaban J connectivity index is 1.30. The molecular weight excluding hydrogens is 600 g/mol. The van der Waals surface area contributed by atoms with Crippen LogP contribution in [0.1, 0.15) is 22.3 Å². The highest BCUT2D eigenvalue weighted by Gasteiger charge is 2.46. The number of aromatic amines is 2. The number of benzene rings is 4. The van der Waals surface area contributed by atoms with E-state index in [-0.39, 0.29) is 19.1 Å². The zero-order valence-corrected chi connectivity index (χ0v) is 26.4. The Kier molecular flexibility index (Phi) is 9.13. The van der Waals surface area contributed by atoms with Crippen LogP contribution >= 0.6 is 0 Å². The first kappa shape index (κ1) is 31.1. The summed E-state index contributed by atoms with van der Waals surface area (Å²) in [6.45, 7) is 0.491. The van der Waals surface area contributed by atoms with Gasteiger partial charge in [0.05, 0.1) is 24.5 Å². The molecule has 1 aliphatic rings. The molecule has 1 aliphatic heterocycles. The minimum atomic E-state index is -1.21. The van der Waals surface area contributed by atoms with Crippen LogP contribution in [0.4, 0.5) is 4.79 Å². The van der Waals surface area contributed by atoms with Crippen LogP contribution in [0.3, 0.4) is 0 Å². The molecular formula is C39H38N6O3. The van der Waals surface area contributed by atoms with Crippen molar-refractivity contribution in [2.24, 2.45) is 0 Å². The summed E-state index contributed by atoms with van der Waals surface area (Å²) < 4.78 is 0. The van der Waals surface area contributed by atoms with E-state index in [4.69, 9.17) is 0 Å². The fourth-order valence-corrected chi connectivity index (χ4v) is 6.72. The highest BCUT2D eigenvalue weighted by Crippen LogP contribution is 2.31. The number of amides is 2. The summed E-state index contributed by atoms with van der Waals surface area (Å²) in [5.41, 5.74) is 7.58. The molecule has 4 atom stereocenters. The largest absolute Gasteiger partial charge is 0.388 e. The predicted octanol–water partition coefficient (Wildman–Crippen LogP) is 5.85. The van der Waals surface area contributed by atoms with Crippen molar-refractivity contribution in [3.8, 4) is 22.3 Å². The Morgan fingerprint density at radius 1 is 0.542 bits per heavy atom. The summed E-state index contributed by atoms with van der Waals surface area (Å²) in [5.74, 6) is 0. The van der Waals surface area contributed by atoms with Crippen molar-refractivity contribution in [1.29, 1.82) is 0 Å². The Morgan fingerprint density at radius 2 is 0.958 bits per heavy atom. The molecule has 9 nitrogen and oxygen atoms in total. The Morgan fingerprint density at radius 3 is 1.35 bits per heavy atom. The van der Waals surface area contributed by atoms with Gasteiger partial charge in [0.15, 0.2) is 0 Å². The average Bonchev–Trinajstić information content (AvgIpc) is 3.87. The Labute approximate surface area is 279 Å². The molecule has 0 bridgehead atoms. The molecule has 0 aliphatic carbocycles. The topological polar surface area (TPSA) is 121 Å². The summed E-state index contributed by atoms with van der Waals surface area (Å²) in [5, 5.41) is 38.0. The molecule has 2 aromatic heterocycles. The Bertz CT molecular complexity index is 1780. The fourth-order valence-electron chi connectivity index (χ4n) is 6.72. The number of nitrogens with zero attached hydrogens (tertiary/aromatic N) is 4. The van der Waals surface area contributed by atoms with Crippen molar-refractivity contribution in [2.45, 2.75) is 50.2 Å². The fraction of sp³-hybridized carbons (Fsp3) is 0.205. The van der Waals surface area contributed by atoms with E-state index in [1.807, 2.05) is 122 Å². The highest BCUT2D eigenvalue weighted by atomic mass is 16.3. The molecule has 4 N–H and O–H groups in total. The van der Waals surface area contributed by atoms with Crippen LogP contribution in [0.15, 0.2) is 134 Å². The number of aliphatic hydroxyl groups excluding tert-OH is 2. The van der Waals surface area contributed by atoms with E-state index in [2.05, 4.69) is 20.4 Å². The van der Waals surface area contributed by atoms with Crippen molar-refractivity contribution in [3.63, 3.8) is 0 Å². The van der Waals surface area contributed by atoms with Crippen molar-refractivity contribution in [1.82, 2.24) is 30.2 Å². The number of hydrogen-bond acceptors (Lipinski definition) is 5. The summed E-state index contributed by atoms with van der Waals surface area (Å²) in [6.07, 6.45) is 5.56. The molecule has 0 radical (unpaired) electrons. The maximum Gasteiger partial charge on any atom is 0.321 e. The van der Waals surface area contributed by atoms with Crippen molar-refractivity contribution in [2.75, 3.05) is 0 Å². The van der Waals surface area contributed by atoms with Crippen LogP contribution in [-0.4, -0.2) is 70.7 Å². The summed E-state index contributed by atoms with van der Waals surface area (Å²) >= 11 is 0. The summed E-state index contributed by atoms with van der Waals surface area (Å²) in [7, 11) is 0. The first-order chi connectivity index (χ1) is 23.5. The number of carbonyl (C=O) groups excluding carboxylic acids is 1. The van der Waals surface area contributed by atoms with Crippen molar-refractivity contribution < 1.29 is 15.0 Å². The SMILES string of the molecule is O=C1N(Cc2cccc(-c3cn[nH]c3)c2)[C@H](Cc2ccccc2)[C@H](O)[C@@H](O)[C@@H](Cc2ccccc2)N1Cc1cccc(-c2cn[nH]c2)c1. The quantitative estimate of drug-likeness (QED) is 0.150. The van der Waals surface area contributed by atoms with Gasteiger partial charge in [0.25, 0.3) is 0 Å². The lowest BCUT2D eigenvalue weighted by Gasteiger charge is -2.36. The van der Waals surface area contributed by atoms with Gasteiger partial charge in [-0.05, 0) is 58.4 Å². The first-order valence-electron chi connectivity index (χ1n) is 16.2. The summed E-state index contributed by atoms with van der Waals surface area (Å²) in [6, 6.07) is 34.1. The maximum atomic E-state index is 15.1. The third kappa shape index (κ3) is 6.78. The average molecular weight is 639 g/mol. The van der Waals surface area contributed by atoms with Crippen LogP contribution in [0.5, 0.6) is 0 Å². The smallest absolute Gasteiger partial charge is 0.321 e. The van der Waals surface area contributed by atoms with Crippen LogP contribution in [0, 0.1) is 0 Å². The number of nitrogens with one attached hydrogen (secondary N) is 2. The van der Waals surface area contributed by atoms with Crippen LogP contribution < -0.4 is 0 Å². The van der Waals surface area contributed by atoms with Gasteiger partial charge in [0.1, 0.15) is 12.2 Å². The van der Waals surface area contributed by atoms with Gasteiger partial charge in [-0.15, -0.1) is 0 Å². The second-order valence-electron chi connectivity index (χ2n) is 12.4. The minimum Gasteiger partial charge on any atom is -0.388 e. The molecule has 4 aromatic carbocycles. The van der Waals surface area contributed by atoms with Crippen molar-refractivity contribution >= 4 is 6.03 Å². The molecule has 0 spiro atoms. The number of aliphatic hydroxyl groups is 2. The second kappa shape index (κ2) is 14.1. The Hall–Kier alpha value is -5.51. The first-order valence-corrected chi connectivity index (χ1v) is 16.2. The lowest BCUT2D eigenvalue weighted by molar-refractivity contribution is -0.0408. The van der Waals surface area contributed by atoms with Gasteiger partial charge in [-0.1, -0.05) is 97.1 Å². The molecule has 6 aromatic rings. The molecule has 0 unspecified atom stereocenters. The van der Waals surface area contributed by atoms with Gasteiger partial charge >= 0.3 is 6.03 Å². The van der Waals surface area contributed by atoms with E-state index < -0.39 is 24.3 Å². The van der Waals surface area contributed by atoms with E-state index >= 15 is 4.79 Å². The molecule has 9 heteroatoms. The zero-order chi connectivity index (χ0) is 32.9. The minimum absolute atomic E-state index is 0.241. The van der Waals surface area contributed by atoms with Crippen molar-refractivity contribution in [3.05, 3.63) is 156 Å². The van der Waals surface area contributed by atoms with E-state index in [1.54, 1.807) is 22.2 Å². The number of aromatic nitrogens is 4. The zero-order valence-electron chi connectivity index (χ0n) is 26.4. The van der Waals surface area contributed by atoms with E-state index in [0.717, 1.165) is 44.5 Å². The summed E-state index contributed by atoms with van der Waals surface area (Å²) in [4.78, 5) is 18.6. The van der Waals surface area contributed by atoms with Crippen LogP contribution in [0.25, 0.3) is 22.3 Å². The maximum absolute atomic E-state index is 15.1. The van der Waals surface area contributed by atoms with E-state index in [1.165, 1.54) is 0 Å². The molecule has 3 heterocycles. The molecule has 1 fully saturated rings. The van der Waals surface area contributed by atoms with Gasteiger partial charge in [0, 0.05) is 36.6 Å².